The Balaban J connectivity index is 1.97. The van der Waals surface area contributed by atoms with Gasteiger partial charge in [-0.1, -0.05) is 59.2 Å². The van der Waals surface area contributed by atoms with Gasteiger partial charge in [-0.25, -0.2) is 4.39 Å². The van der Waals surface area contributed by atoms with Crippen LogP contribution >= 0.6 is 0 Å². The van der Waals surface area contributed by atoms with Crippen molar-refractivity contribution in [3.8, 4) is 0 Å². The summed E-state index contributed by atoms with van der Waals surface area (Å²) in [6.45, 7) is 16.1. The lowest BCUT2D eigenvalue weighted by atomic mass is 9.56. The first-order chi connectivity index (χ1) is 15.7. The van der Waals surface area contributed by atoms with Gasteiger partial charge in [0.05, 0.1) is 16.5 Å². The summed E-state index contributed by atoms with van der Waals surface area (Å²) in [5.74, 6) is -0.0656. The van der Waals surface area contributed by atoms with Crippen molar-refractivity contribution in [2.45, 2.75) is 103 Å². The van der Waals surface area contributed by atoms with Crippen molar-refractivity contribution in [3.63, 3.8) is 0 Å². The van der Waals surface area contributed by atoms with Gasteiger partial charge >= 0.3 is 0 Å². The largest absolute Gasteiger partial charge is 0.221 e. The van der Waals surface area contributed by atoms with Crippen LogP contribution in [0.3, 0.4) is 0 Å². The Labute approximate surface area is 199 Å². The highest BCUT2D eigenvalue weighted by Gasteiger charge is 2.60. The Morgan fingerprint density at radius 1 is 0.939 bits per heavy atom. The molecule has 2 aromatic rings. The lowest BCUT2D eigenvalue weighted by molar-refractivity contribution is -0.562. The number of halogens is 1. The molecule has 174 valence electrons. The summed E-state index contributed by atoms with van der Waals surface area (Å²) < 4.78 is 18.3. The van der Waals surface area contributed by atoms with Crippen LogP contribution in [0.15, 0.2) is 36.5 Å². The van der Waals surface area contributed by atoms with Gasteiger partial charge in [0.2, 0.25) is 5.71 Å². The van der Waals surface area contributed by atoms with Crippen LogP contribution in [-0.4, -0.2) is 15.8 Å². The number of allylic oxidation sites excluding steroid dienone is 1. The van der Waals surface area contributed by atoms with E-state index >= 15 is 4.39 Å². The minimum Gasteiger partial charge on any atom is -0.207 e. The van der Waals surface area contributed by atoms with E-state index in [4.69, 9.17) is 0 Å². The quantitative estimate of drug-likeness (QED) is 0.418. The monoisotopic (exact) mass is 444 g/mol. The first kappa shape index (κ1) is 22.6. The molecule has 0 radical (unpaired) electrons. The maximum absolute atomic E-state index is 15.8. The number of rotatable bonds is 5. The van der Waals surface area contributed by atoms with Crippen molar-refractivity contribution < 1.29 is 8.97 Å². The first-order valence-corrected chi connectivity index (χ1v) is 13.0. The SMILES string of the molecule is CCCCc1cc2c3c(c1)C(C)(C)c1c(F)ccc4c1C3=[N+](C=CC2)C(C)(CC)C4(C)CC. The topological polar surface area (TPSA) is 3.01 Å². The van der Waals surface area contributed by atoms with E-state index < -0.39 is 0 Å². The van der Waals surface area contributed by atoms with Crippen molar-refractivity contribution >= 4 is 5.71 Å². The van der Waals surface area contributed by atoms with Crippen molar-refractivity contribution in [2.75, 3.05) is 0 Å². The van der Waals surface area contributed by atoms with E-state index in [-0.39, 0.29) is 22.2 Å². The van der Waals surface area contributed by atoms with Crippen LogP contribution in [0.4, 0.5) is 4.39 Å². The van der Waals surface area contributed by atoms with Crippen LogP contribution in [0.5, 0.6) is 0 Å². The lowest BCUT2D eigenvalue weighted by Crippen LogP contribution is -2.60. The Morgan fingerprint density at radius 3 is 2.36 bits per heavy atom. The molecule has 0 fully saturated rings. The molecule has 3 aliphatic rings. The van der Waals surface area contributed by atoms with E-state index in [1.807, 2.05) is 0 Å². The molecular formula is C31H39FN+. The normalized spacial score (nSPS) is 26.3. The molecule has 2 aromatic carbocycles. The predicted octanol–water partition coefficient (Wildman–Crippen LogP) is 7.58. The first-order valence-electron chi connectivity index (χ1n) is 13.0. The summed E-state index contributed by atoms with van der Waals surface area (Å²) in [5.41, 5.74) is 9.55. The zero-order chi connectivity index (χ0) is 23.8. The molecule has 0 saturated heterocycles. The van der Waals surface area contributed by atoms with E-state index in [9.17, 15) is 0 Å². The molecule has 33 heavy (non-hydrogen) atoms. The van der Waals surface area contributed by atoms with Crippen LogP contribution in [0.1, 0.15) is 113 Å². The standard InChI is InChI=1S/C31H39FN/c1-8-11-13-20-18-21-14-12-17-33-28-25(21)23(19-20)29(4,5)27-24(32)16-15-22(26(27)28)30(6,9-2)31(33,7)10-3/h12,15-19H,8-11,13-14H2,1-7H3/q+1. The third-order valence-electron chi connectivity index (χ3n) is 9.57. The maximum Gasteiger partial charge on any atom is 0.221 e. The molecule has 0 N–H and O–H groups in total. The van der Waals surface area contributed by atoms with E-state index in [1.165, 1.54) is 46.4 Å². The van der Waals surface area contributed by atoms with Gasteiger partial charge in [-0.3, -0.25) is 0 Å². The second kappa shape index (κ2) is 7.39. The fraction of sp³-hybridized carbons (Fsp3) is 0.516. The molecule has 0 amide bonds. The zero-order valence-electron chi connectivity index (χ0n) is 21.5. The van der Waals surface area contributed by atoms with Crippen molar-refractivity contribution in [2.24, 2.45) is 0 Å². The number of benzene rings is 2. The van der Waals surface area contributed by atoms with Gasteiger partial charge in [0.15, 0.2) is 11.7 Å². The van der Waals surface area contributed by atoms with Gasteiger partial charge in [-0.2, -0.15) is 4.58 Å². The fourth-order valence-corrected chi connectivity index (χ4v) is 7.08. The smallest absolute Gasteiger partial charge is 0.207 e. The van der Waals surface area contributed by atoms with Crippen LogP contribution < -0.4 is 0 Å². The van der Waals surface area contributed by atoms with E-state index in [0.717, 1.165) is 36.8 Å². The number of nitrogens with zero attached hydrogens (tertiary/aromatic N) is 1. The number of aryl methyl sites for hydroxylation is 1. The Hall–Kier alpha value is -2.22. The summed E-state index contributed by atoms with van der Waals surface area (Å²) in [7, 11) is 0. The average Bonchev–Trinajstić information content (AvgIpc) is 2.99. The summed E-state index contributed by atoms with van der Waals surface area (Å²) in [6, 6.07) is 8.68. The van der Waals surface area contributed by atoms with Crippen molar-refractivity contribution in [3.05, 3.63) is 81.3 Å². The summed E-state index contributed by atoms with van der Waals surface area (Å²) in [6.07, 6.45) is 11.1. The second-order valence-corrected chi connectivity index (χ2v) is 11.4. The van der Waals surface area contributed by atoms with Gasteiger partial charge in [0.1, 0.15) is 5.82 Å². The number of unbranched alkanes of at least 4 members (excludes halogenated alkanes) is 1. The third kappa shape index (κ3) is 2.73. The molecule has 0 saturated carbocycles. The summed E-state index contributed by atoms with van der Waals surface area (Å²) in [5, 5.41) is 0. The highest BCUT2D eigenvalue weighted by molar-refractivity contribution is 6.16. The van der Waals surface area contributed by atoms with Crippen LogP contribution in [0, 0.1) is 5.82 Å². The van der Waals surface area contributed by atoms with Gasteiger partial charge in [-0.15, -0.1) is 0 Å². The summed E-state index contributed by atoms with van der Waals surface area (Å²) in [4.78, 5) is 0. The van der Waals surface area contributed by atoms with Crippen LogP contribution in [0.25, 0.3) is 0 Å². The highest BCUT2D eigenvalue weighted by Crippen LogP contribution is 2.54. The van der Waals surface area contributed by atoms with Gasteiger partial charge < -0.3 is 0 Å². The minimum absolute atomic E-state index is 0.0656. The molecular weight excluding hydrogens is 405 g/mol. The molecule has 5 rings (SSSR count). The Morgan fingerprint density at radius 2 is 1.70 bits per heavy atom. The molecule has 2 aliphatic heterocycles. The Bertz CT molecular complexity index is 1210. The van der Waals surface area contributed by atoms with Crippen LogP contribution in [-0.2, 0) is 23.7 Å². The molecule has 0 spiro atoms. The molecule has 2 heteroatoms. The number of hydrogen-bond donors (Lipinski definition) is 0. The van der Waals surface area contributed by atoms with E-state index in [2.05, 4.69) is 83.5 Å². The lowest BCUT2D eigenvalue weighted by Gasteiger charge is -2.49. The predicted molar refractivity (Wildman–Crippen MR) is 136 cm³/mol. The van der Waals surface area contributed by atoms with Crippen molar-refractivity contribution in [1.29, 1.82) is 0 Å². The number of hydrogen-bond acceptors (Lipinski definition) is 0. The molecule has 2 unspecified atom stereocenters. The molecule has 1 nitrogen and oxygen atoms in total. The summed E-state index contributed by atoms with van der Waals surface area (Å²) >= 11 is 0. The Kier molecular flexibility index (Phi) is 5.05. The zero-order valence-corrected chi connectivity index (χ0v) is 21.5. The highest BCUT2D eigenvalue weighted by atomic mass is 19.1. The second-order valence-electron chi connectivity index (χ2n) is 11.4. The van der Waals surface area contributed by atoms with E-state index in [0.29, 0.717) is 0 Å². The molecule has 0 aromatic heterocycles. The average molecular weight is 445 g/mol. The van der Waals surface area contributed by atoms with E-state index in [1.54, 1.807) is 6.07 Å². The molecule has 0 bridgehead atoms. The minimum atomic E-state index is -0.379. The maximum atomic E-state index is 15.8. The van der Waals surface area contributed by atoms with Gasteiger partial charge in [0.25, 0.3) is 0 Å². The molecule has 1 aliphatic carbocycles. The van der Waals surface area contributed by atoms with Crippen LogP contribution in [0.2, 0.25) is 0 Å². The van der Waals surface area contributed by atoms with Gasteiger partial charge in [0, 0.05) is 24.3 Å². The van der Waals surface area contributed by atoms with Crippen molar-refractivity contribution in [1.82, 2.24) is 0 Å². The third-order valence-corrected chi connectivity index (χ3v) is 9.57. The fourth-order valence-electron chi connectivity index (χ4n) is 7.08. The molecule has 2 atom stereocenters. The van der Waals surface area contributed by atoms with Gasteiger partial charge in [-0.05, 0) is 67.0 Å². The molecule has 2 heterocycles.